The molecule has 0 atom stereocenters. The number of nitrogens with two attached hydrogens (primary N) is 1. The fourth-order valence-electron chi connectivity index (χ4n) is 1.63. The van der Waals surface area contributed by atoms with Gasteiger partial charge in [-0.1, -0.05) is 36.4 Å². The summed E-state index contributed by atoms with van der Waals surface area (Å²) in [4.78, 5) is 4.24. The van der Waals surface area contributed by atoms with Gasteiger partial charge in [0.15, 0.2) is 5.11 Å². The van der Waals surface area contributed by atoms with Crippen molar-refractivity contribution in [1.29, 1.82) is 0 Å². The zero-order valence-electron chi connectivity index (χ0n) is 9.26. The van der Waals surface area contributed by atoms with Crippen LogP contribution in [0.15, 0.2) is 48.7 Å². The molecule has 17 heavy (non-hydrogen) atoms. The van der Waals surface area contributed by atoms with Crippen molar-refractivity contribution >= 4 is 23.1 Å². The Morgan fingerprint density at radius 3 is 2.65 bits per heavy atom. The number of rotatable bonds is 3. The first-order chi connectivity index (χ1) is 8.25. The first-order valence-corrected chi connectivity index (χ1v) is 5.71. The smallest absolute Gasteiger partial charge is 0.169 e. The topological polar surface area (TPSA) is 50.9 Å². The lowest BCUT2D eigenvalue weighted by Gasteiger charge is -2.09. The van der Waals surface area contributed by atoms with Gasteiger partial charge in [0, 0.05) is 12.6 Å². The summed E-state index contributed by atoms with van der Waals surface area (Å²) in [5.41, 5.74) is 7.77. The Kier molecular flexibility index (Phi) is 3.67. The zero-order chi connectivity index (χ0) is 12.1. The van der Waals surface area contributed by atoms with Gasteiger partial charge in [-0.3, -0.25) is 0 Å². The Morgan fingerprint density at radius 1 is 1.18 bits per heavy atom. The molecule has 0 aliphatic heterocycles. The van der Waals surface area contributed by atoms with E-state index in [1.54, 1.807) is 6.20 Å². The highest BCUT2D eigenvalue weighted by atomic mass is 32.1. The van der Waals surface area contributed by atoms with E-state index in [2.05, 4.69) is 22.4 Å². The minimum atomic E-state index is 0.234. The van der Waals surface area contributed by atoms with Crippen molar-refractivity contribution in [3.05, 3.63) is 59.8 Å². The molecule has 0 aliphatic rings. The van der Waals surface area contributed by atoms with Crippen molar-refractivity contribution in [2.24, 2.45) is 5.73 Å². The summed E-state index contributed by atoms with van der Waals surface area (Å²) < 4.78 is 0. The van der Waals surface area contributed by atoms with Gasteiger partial charge in [0.05, 0.1) is 0 Å². The number of nitrogens with zero attached hydrogens (tertiary/aromatic N) is 1. The molecule has 0 saturated heterocycles. The van der Waals surface area contributed by atoms with E-state index in [4.69, 9.17) is 18.0 Å². The molecule has 0 saturated carbocycles. The molecule has 4 heteroatoms. The molecule has 0 bridgehead atoms. The van der Waals surface area contributed by atoms with E-state index in [1.807, 2.05) is 30.3 Å². The van der Waals surface area contributed by atoms with Gasteiger partial charge in [-0.25, -0.2) is 4.98 Å². The number of anilines is 1. The minimum absolute atomic E-state index is 0.234. The number of pyridine rings is 1. The van der Waals surface area contributed by atoms with Crippen LogP contribution in [0.3, 0.4) is 0 Å². The summed E-state index contributed by atoms with van der Waals surface area (Å²) in [5.74, 6) is 0.726. The number of benzene rings is 1. The van der Waals surface area contributed by atoms with Gasteiger partial charge in [0.1, 0.15) is 5.82 Å². The largest absolute Gasteiger partial charge is 0.376 e. The molecule has 1 heterocycles. The van der Waals surface area contributed by atoms with Crippen molar-refractivity contribution < 1.29 is 0 Å². The number of nitrogens with one attached hydrogen (secondary N) is 1. The van der Waals surface area contributed by atoms with Crippen LogP contribution in [0.2, 0.25) is 0 Å². The molecule has 0 amide bonds. The first kappa shape index (κ1) is 11.5. The second-order valence-corrected chi connectivity index (χ2v) is 4.10. The average Bonchev–Trinajstić information content (AvgIpc) is 2.32. The number of hydrogen-bond acceptors (Lipinski definition) is 2. The van der Waals surface area contributed by atoms with E-state index in [-0.39, 0.29) is 5.11 Å². The highest BCUT2D eigenvalue weighted by Crippen LogP contribution is 2.16. The summed E-state index contributed by atoms with van der Waals surface area (Å²) in [6.07, 6.45) is 2.52. The predicted molar refractivity (Wildman–Crippen MR) is 73.9 cm³/mol. The Bertz CT molecular complexity index is 511. The molecule has 0 unspecified atom stereocenters. The summed E-state index contributed by atoms with van der Waals surface area (Å²) in [6.45, 7) is 0. The van der Waals surface area contributed by atoms with Crippen LogP contribution >= 0.6 is 12.2 Å². The van der Waals surface area contributed by atoms with Crippen LogP contribution in [0.4, 0.5) is 5.82 Å². The van der Waals surface area contributed by atoms with Crippen LogP contribution in [-0.4, -0.2) is 10.1 Å². The average molecular weight is 243 g/mol. The highest BCUT2D eigenvalue weighted by molar-refractivity contribution is 7.80. The van der Waals surface area contributed by atoms with E-state index in [1.165, 1.54) is 5.56 Å². The molecule has 0 aliphatic carbocycles. The van der Waals surface area contributed by atoms with Gasteiger partial charge in [-0.05, 0) is 29.4 Å². The van der Waals surface area contributed by atoms with Gasteiger partial charge in [0.25, 0.3) is 0 Å². The van der Waals surface area contributed by atoms with Crippen LogP contribution in [-0.2, 0) is 6.42 Å². The first-order valence-electron chi connectivity index (χ1n) is 5.30. The van der Waals surface area contributed by atoms with Crippen molar-refractivity contribution in [2.75, 3.05) is 5.32 Å². The van der Waals surface area contributed by atoms with Crippen molar-refractivity contribution in [1.82, 2.24) is 4.98 Å². The maximum Gasteiger partial charge on any atom is 0.169 e. The monoisotopic (exact) mass is 243 g/mol. The van der Waals surface area contributed by atoms with E-state index >= 15 is 0 Å². The summed E-state index contributed by atoms with van der Waals surface area (Å²) in [7, 11) is 0. The lowest BCUT2D eigenvalue weighted by molar-refractivity contribution is 1.15. The van der Waals surface area contributed by atoms with E-state index in [0.29, 0.717) is 0 Å². The second kappa shape index (κ2) is 5.41. The highest BCUT2D eigenvalue weighted by Gasteiger charge is 2.04. The molecule has 3 nitrogen and oxygen atoms in total. The summed E-state index contributed by atoms with van der Waals surface area (Å²) in [6, 6.07) is 14.1. The van der Waals surface area contributed by atoms with Crippen LogP contribution in [0.1, 0.15) is 11.1 Å². The molecule has 2 rings (SSSR count). The number of aromatic nitrogens is 1. The molecule has 0 radical (unpaired) electrons. The summed E-state index contributed by atoms with van der Waals surface area (Å²) in [5, 5.41) is 3.13. The minimum Gasteiger partial charge on any atom is -0.376 e. The standard InChI is InChI=1S/C13H13N3S/c14-13(17)16-12-11(7-4-8-15-12)9-10-5-2-1-3-6-10/h1-8H,9H2,(H3,14,15,16,17). The Balaban J connectivity index is 2.23. The Labute approximate surface area is 106 Å². The molecule has 2 aromatic rings. The molecule has 0 spiro atoms. The normalized spacial score (nSPS) is 9.88. The van der Waals surface area contributed by atoms with Crippen LogP contribution in [0.25, 0.3) is 0 Å². The number of hydrogen-bond donors (Lipinski definition) is 2. The lowest BCUT2D eigenvalue weighted by Crippen LogP contribution is -2.20. The van der Waals surface area contributed by atoms with Crippen LogP contribution in [0, 0.1) is 0 Å². The van der Waals surface area contributed by atoms with Gasteiger partial charge in [-0.2, -0.15) is 0 Å². The van der Waals surface area contributed by atoms with Crippen molar-refractivity contribution in [3.8, 4) is 0 Å². The Hall–Kier alpha value is -1.94. The fourth-order valence-corrected chi connectivity index (χ4v) is 1.72. The molecule has 1 aromatic heterocycles. The number of thiocarbonyl (C=S) groups is 1. The van der Waals surface area contributed by atoms with E-state index < -0.39 is 0 Å². The molecular formula is C13H13N3S. The molecule has 0 fully saturated rings. The fraction of sp³-hybridized carbons (Fsp3) is 0.0769. The maximum atomic E-state index is 5.47. The molecular weight excluding hydrogens is 230 g/mol. The zero-order valence-corrected chi connectivity index (χ0v) is 10.1. The molecule has 86 valence electrons. The molecule has 3 N–H and O–H groups in total. The van der Waals surface area contributed by atoms with E-state index in [0.717, 1.165) is 17.8 Å². The quantitative estimate of drug-likeness (QED) is 0.812. The van der Waals surface area contributed by atoms with Gasteiger partial charge in [0.2, 0.25) is 0 Å². The van der Waals surface area contributed by atoms with Crippen molar-refractivity contribution in [3.63, 3.8) is 0 Å². The molecule has 1 aromatic carbocycles. The summed E-state index contributed by atoms with van der Waals surface area (Å²) >= 11 is 4.83. The Morgan fingerprint density at radius 2 is 1.94 bits per heavy atom. The van der Waals surface area contributed by atoms with Crippen LogP contribution in [0.5, 0.6) is 0 Å². The van der Waals surface area contributed by atoms with Gasteiger partial charge < -0.3 is 11.1 Å². The third kappa shape index (κ3) is 3.26. The predicted octanol–water partition coefficient (Wildman–Crippen LogP) is 2.33. The second-order valence-electron chi connectivity index (χ2n) is 3.66. The lowest BCUT2D eigenvalue weighted by atomic mass is 10.1. The van der Waals surface area contributed by atoms with Gasteiger partial charge in [-0.15, -0.1) is 0 Å². The van der Waals surface area contributed by atoms with Crippen molar-refractivity contribution in [2.45, 2.75) is 6.42 Å². The SMILES string of the molecule is NC(=S)Nc1ncccc1Cc1ccccc1. The van der Waals surface area contributed by atoms with Gasteiger partial charge >= 0.3 is 0 Å². The van der Waals surface area contributed by atoms with E-state index in [9.17, 15) is 0 Å². The third-order valence-corrected chi connectivity index (χ3v) is 2.47. The van der Waals surface area contributed by atoms with Crippen LogP contribution < -0.4 is 11.1 Å². The third-order valence-electron chi connectivity index (χ3n) is 2.37. The maximum absolute atomic E-state index is 5.47.